The number of rotatable bonds is 2. The van der Waals surface area contributed by atoms with Gasteiger partial charge in [0.05, 0.1) is 16.5 Å². The van der Waals surface area contributed by atoms with Crippen LogP contribution in [0.4, 0.5) is 0 Å². The molecule has 0 spiro atoms. The fourth-order valence-electron chi connectivity index (χ4n) is 1.85. The van der Waals surface area contributed by atoms with E-state index in [1.54, 1.807) is 18.5 Å². The quantitative estimate of drug-likeness (QED) is 0.833. The zero-order valence-corrected chi connectivity index (χ0v) is 11.6. The summed E-state index contributed by atoms with van der Waals surface area (Å²) in [4.78, 5) is 14.0. The van der Waals surface area contributed by atoms with Crippen LogP contribution in [0.5, 0.6) is 0 Å². The first-order valence-corrected chi connectivity index (χ1v) is 8.19. The smallest absolute Gasteiger partial charge is 0.265 e. The van der Waals surface area contributed by atoms with Crippen molar-refractivity contribution in [3.63, 3.8) is 0 Å². The molecule has 0 radical (unpaired) electrons. The summed E-state index contributed by atoms with van der Waals surface area (Å²) >= 11 is 7.16. The number of hydrogen-bond acceptors (Lipinski definition) is 4. The van der Waals surface area contributed by atoms with E-state index in [1.165, 1.54) is 16.2 Å². The minimum atomic E-state index is -2.98. The highest BCUT2D eigenvalue weighted by atomic mass is 35.5. The SMILES string of the molecule is CN(C(=O)c1sccc1Cl)C1CCS(=O)(=O)C1. The second kappa shape index (κ2) is 4.59. The Bertz CT molecular complexity index is 538. The second-order valence-corrected chi connectivity index (χ2v) is 7.62. The summed E-state index contributed by atoms with van der Waals surface area (Å²) in [5, 5.41) is 2.17. The summed E-state index contributed by atoms with van der Waals surface area (Å²) in [6.07, 6.45) is 0.508. The monoisotopic (exact) mass is 293 g/mol. The highest BCUT2D eigenvalue weighted by Crippen LogP contribution is 2.25. The van der Waals surface area contributed by atoms with Crippen LogP contribution in [0.25, 0.3) is 0 Å². The zero-order valence-electron chi connectivity index (χ0n) is 9.22. The molecule has 0 saturated carbocycles. The van der Waals surface area contributed by atoms with Gasteiger partial charge in [0, 0.05) is 13.1 Å². The van der Waals surface area contributed by atoms with Crippen molar-refractivity contribution in [2.75, 3.05) is 18.6 Å². The highest BCUT2D eigenvalue weighted by Gasteiger charge is 2.33. The minimum absolute atomic E-state index is 0.0538. The molecule has 1 atom stereocenters. The molecule has 0 aromatic carbocycles. The van der Waals surface area contributed by atoms with Gasteiger partial charge in [0.1, 0.15) is 4.88 Å². The molecule has 0 bridgehead atoms. The molecule has 1 saturated heterocycles. The molecule has 4 nitrogen and oxygen atoms in total. The van der Waals surface area contributed by atoms with E-state index in [4.69, 9.17) is 11.6 Å². The molecular formula is C10H12ClNO3S2. The van der Waals surface area contributed by atoms with Crippen LogP contribution in [0, 0.1) is 0 Å². The predicted octanol–water partition coefficient (Wildman–Crippen LogP) is 1.66. The number of amides is 1. The molecule has 94 valence electrons. The molecule has 1 aromatic heterocycles. The number of halogens is 1. The van der Waals surface area contributed by atoms with E-state index in [2.05, 4.69) is 0 Å². The van der Waals surface area contributed by atoms with E-state index < -0.39 is 9.84 Å². The summed E-state index contributed by atoms with van der Waals surface area (Å²) in [6, 6.07) is 1.43. The lowest BCUT2D eigenvalue weighted by molar-refractivity contribution is 0.0753. The first-order valence-electron chi connectivity index (χ1n) is 5.11. The number of carbonyl (C=O) groups excluding carboxylic acids is 1. The summed E-state index contributed by atoms with van der Waals surface area (Å²) < 4.78 is 22.7. The minimum Gasteiger partial charge on any atom is -0.337 e. The van der Waals surface area contributed by atoms with Gasteiger partial charge >= 0.3 is 0 Å². The van der Waals surface area contributed by atoms with Crippen LogP contribution in [0.15, 0.2) is 11.4 Å². The molecule has 1 aliphatic rings. The Morgan fingerprint density at radius 1 is 1.59 bits per heavy atom. The summed E-state index contributed by atoms with van der Waals surface area (Å²) in [6.45, 7) is 0. The van der Waals surface area contributed by atoms with Gasteiger partial charge in [-0.3, -0.25) is 4.79 Å². The van der Waals surface area contributed by atoms with Gasteiger partial charge in [-0.25, -0.2) is 8.42 Å². The molecule has 0 aliphatic carbocycles. The Kier molecular flexibility index (Phi) is 3.47. The van der Waals surface area contributed by atoms with Crippen LogP contribution < -0.4 is 0 Å². The maximum absolute atomic E-state index is 12.1. The molecule has 1 aromatic rings. The fraction of sp³-hybridized carbons (Fsp3) is 0.500. The number of hydrogen-bond donors (Lipinski definition) is 0. The largest absolute Gasteiger partial charge is 0.337 e. The summed E-state index contributed by atoms with van der Waals surface area (Å²) in [7, 11) is -1.35. The first kappa shape index (κ1) is 12.9. The standard InChI is InChI=1S/C10H12ClNO3S2/c1-12(7-3-5-17(14,15)6-7)10(13)9-8(11)2-4-16-9/h2,4,7H,3,5-6H2,1H3. The van der Waals surface area contributed by atoms with Gasteiger partial charge in [0.2, 0.25) is 0 Å². The van der Waals surface area contributed by atoms with Gasteiger partial charge in [0.15, 0.2) is 9.84 Å². The van der Waals surface area contributed by atoms with Gasteiger partial charge < -0.3 is 4.90 Å². The average Bonchev–Trinajstić information content (AvgIpc) is 2.82. The van der Waals surface area contributed by atoms with Crippen LogP contribution in [0.1, 0.15) is 16.1 Å². The van der Waals surface area contributed by atoms with Crippen molar-refractivity contribution in [2.45, 2.75) is 12.5 Å². The third kappa shape index (κ3) is 2.64. The molecule has 17 heavy (non-hydrogen) atoms. The van der Waals surface area contributed by atoms with Gasteiger partial charge in [0.25, 0.3) is 5.91 Å². The molecule has 1 fully saturated rings. The number of thiophene rings is 1. The van der Waals surface area contributed by atoms with E-state index in [-0.39, 0.29) is 23.5 Å². The van der Waals surface area contributed by atoms with Crippen LogP contribution in [-0.4, -0.2) is 43.8 Å². The Labute approximate surface area is 109 Å². The average molecular weight is 294 g/mol. The van der Waals surface area contributed by atoms with E-state index in [1.807, 2.05) is 0 Å². The fourth-order valence-corrected chi connectivity index (χ4v) is 4.75. The molecule has 1 unspecified atom stereocenters. The van der Waals surface area contributed by atoms with Crippen molar-refractivity contribution in [2.24, 2.45) is 0 Å². The van der Waals surface area contributed by atoms with Gasteiger partial charge in [-0.15, -0.1) is 11.3 Å². The van der Waals surface area contributed by atoms with E-state index in [0.717, 1.165) is 0 Å². The predicted molar refractivity (Wildman–Crippen MR) is 68.5 cm³/mol. The van der Waals surface area contributed by atoms with Crippen molar-refractivity contribution in [3.8, 4) is 0 Å². The van der Waals surface area contributed by atoms with Gasteiger partial charge in [-0.1, -0.05) is 11.6 Å². The number of nitrogens with zero attached hydrogens (tertiary/aromatic N) is 1. The first-order chi connectivity index (χ1) is 7.91. The third-order valence-corrected chi connectivity index (χ3v) is 5.97. The van der Waals surface area contributed by atoms with Crippen LogP contribution in [0.3, 0.4) is 0 Å². The lowest BCUT2D eigenvalue weighted by Gasteiger charge is -2.22. The zero-order chi connectivity index (χ0) is 12.6. The number of sulfone groups is 1. The summed E-state index contributed by atoms with van der Waals surface area (Å²) in [5.41, 5.74) is 0. The Morgan fingerprint density at radius 3 is 2.76 bits per heavy atom. The maximum atomic E-state index is 12.1. The Hall–Kier alpha value is -0.590. The van der Waals surface area contributed by atoms with Crippen LogP contribution in [0.2, 0.25) is 5.02 Å². The van der Waals surface area contributed by atoms with E-state index >= 15 is 0 Å². The topological polar surface area (TPSA) is 54.5 Å². The lowest BCUT2D eigenvalue weighted by atomic mass is 10.2. The Balaban J connectivity index is 2.14. The summed E-state index contributed by atoms with van der Waals surface area (Å²) in [5.74, 6) is 0.0122. The lowest BCUT2D eigenvalue weighted by Crippen LogP contribution is -2.37. The molecule has 0 N–H and O–H groups in total. The van der Waals surface area contributed by atoms with Gasteiger partial charge in [-0.05, 0) is 17.9 Å². The van der Waals surface area contributed by atoms with Crippen LogP contribution >= 0.6 is 22.9 Å². The third-order valence-electron chi connectivity index (χ3n) is 2.89. The molecule has 7 heteroatoms. The molecule has 1 amide bonds. The van der Waals surface area contributed by atoms with E-state index in [0.29, 0.717) is 16.3 Å². The van der Waals surface area contributed by atoms with Crippen molar-refractivity contribution in [1.29, 1.82) is 0 Å². The molecule has 2 heterocycles. The van der Waals surface area contributed by atoms with Crippen molar-refractivity contribution in [1.82, 2.24) is 4.90 Å². The van der Waals surface area contributed by atoms with Crippen molar-refractivity contribution >= 4 is 38.7 Å². The molecular weight excluding hydrogens is 282 g/mol. The van der Waals surface area contributed by atoms with Crippen molar-refractivity contribution in [3.05, 3.63) is 21.3 Å². The molecule has 1 aliphatic heterocycles. The second-order valence-electron chi connectivity index (χ2n) is 4.07. The highest BCUT2D eigenvalue weighted by molar-refractivity contribution is 7.91. The molecule has 2 rings (SSSR count). The van der Waals surface area contributed by atoms with Gasteiger partial charge in [-0.2, -0.15) is 0 Å². The van der Waals surface area contributed by atoms with Crippen molar-refractivity contribution < 1.29 is 13.2 Å². The normalized spacial score (nSPS) is 22.6. The number of carbonyl (C=O) groups is 1. The Morgan fingerprint density at radius 2 is 2.29 bits per heavy atom. The van der Waals surface area contributed by atoms with Crippen LogP contribution in [-0.2, 0) is 9.84 Å². The maximum Gasteiger partial charge on any atom is 0.265 e. The van der Waals surface area contributed by atoms with E-state index in [9.17, 15) is 13.2 Å².